The molecule has 0 saturated heterocycles. The Labute approximate surface area is 131 Å². The minimum atomic E-state index is -0.407. The second-order valence-electron chi connectivity index (χ2n) is 4.44. The first kappa shape index (κ1) is 15.5. The van der Waals surface area contributed by atoms with Crippen molar-refractivity contribution in [2.24, 2.45) is 0 Å². The van der Waals surface area contributed by atoms with Crippen molar-refractivity contribution in [1.29, 1.82) is 0 Å². The number of benzene rings is 2. The summed E-state index contributed by atoms with van der Waals surface area (Å²) in [6, 6.07) is 9.43. The van der Waals surface area contributed by atoms with Gasteiger partial charge in [-0.25, -0.2) is 4.39 Å². The lowest BCUT2D eigenvalue weighted by molar-refractivity contribution is 0.102. The summed E-state index contributed by atoms with van der Waals surface area (Å²) in [6.45, 7) is 4.05. The topological polar surface area (TPSA) is 38.3 Å². The summed E-state index contributed by atoms with van der Waals surface area (Å²) in [4.78, 5) is 12.3. The van der Waals surface area contributed by atoms with Crippen LogP contribution in [-0.2, 0) is 0 Å². The van der Waals surface area contributed by atoms with E-state index in [1.165, 1.54) is 18.2 Å². The summed E-state index contributed by atoms with van der Waals surface area (Å²) in [6.07, 6.45) is 0. The van der Waals surface area contributed by atoms with Gasteiger partial charge in [0, 0.05) is 16.1 Å². The Hall–Kier alpha value is -1.88. The van der Waals surface area contributed by atoms with Crippen LogP contribution in [0.4, 0.5) is 10.1 Å². The Bertz CT molecular complexity index is 673. The van der Waals surface area contributed by atoms with E-state index >= 15 is 0 Å². The van der Waals surface area contributed by atoms with Crippen LogP contribution in [-0.4, -0.2) is 12.5 Å². The molecular formula is C16H15BrFNO2. The summed E-state index contributed by atoms with van der Waals surface area (Å²) in [7, 11) is 0. The van der Waals surface area contributed by atoms with Gasteiger partial charge in [-0.15, -0.1) is 0 Å². The zero-order chi connectivity index (χ0) is 15.4. The van der Waals surface area contributed by atoms with Gasteiger partial charge in [0.05, 0.1) is 12.3 Å². The SMILES string of the molecule is CCOc1cc(F)ccc1NC(=O)c1cccc(Br)c1C. The third kappa shape index (κ3) is 3.61. The normalized spacial score (nSPS) is 10.3. The van der Waals surface area contributed by atoms with E-state index in [0.717, 1.165) is 10.0 Å². The van der Waals surface area contributed by atoms with Gasteiger partial charge in [-0.1, -0.05) is 22.0 Å². The first-order valence-electron chi connectivity index (χ1n) is 6.51. The molecule has 0 spiro atoms. The summed E-state index contributed by atoms with van der Waals surface area (Å²) < 4.78 is 19.5. The Kier molecular flexibility index (Phi) is 4.96. The highest BCUT2D eigenvalue weighted by Crippen LogP contribution is 2.27. The molecule has 0 heterocycles. The van der Waals surface area contributed by atoms with Crippen molar-refractivity contribution < 1.29 is 13.9 Å². The van der Waals surface area contributed by atoms with Crippen LogP contribution in [0.3, 0.4) is 0 Å². The van der Waals surface area contributed by atoms with Crippen molar-refractivity contribution in [1.82, 2.24) is 0 Å². The third-order valence-electron chi connectivity index (χ3n) is 3.00. The fourth-order valence-corrected chi connectivity index (χ4v) is 2.28. The first-order valence-corrected chi connectivity index (χ1v) is 7.31. The maximum atomic E-state index is 13.2. The average molecular weight is 352 g/mol. The molecule has 110 valence electrons. The van der Waals surface area contributed by atoms with E-state index in [1.807, 2.05) is 13.0 Å². The fourth-order valence-electron chi connectivity index (χ4n) is 1.92. The van der Waals surface area contributed by atoms with E-state index in [4.69, 9.17) is 4.74 Å². The lowest BCUT2D eigenvalue weighted by Crippen LogP contribution is -2.14. The van der Waals surface area contributed by atoms with Crippen LogP contribution in [0.2, 0.25) is 0 Å². The highest BCUT2D eigenvalue weighted by molar-refractivity contribution is 9.10. The molecule has 0 bridgehead atoms. The van der Waals surface area contributed by atoms with Gasteiger partial charge in [0.2, 0.25) is 0 Å². The number of rotatable bonds is 4. The number of hydrogen-bond donors (Lipinski definition) is 1. The standard InChI is InChI=1S/C16H15BrFNO2/c1-3-21-15-9-11(18)7-8-14(15)19-16(20)12-5-4-6-13(17)10(12)2/h4-9H,3H2,1-2H3,(H,19,20). The zero-order valence-electron chi connectivity index (χ0n) is 11.7. The molecule has 0 aliphatic carbocycles. The van der Waals surface area contributed by atoms with Crippen LogP contribution in [0.1, 0.15) is 22.8 Å². The Morgan fingerprint density at radius 2 is 2.10 bits per heavy atom. The van der Waals surface area contributed by atoms with E-state index in [-0.39, 0.29) is 5.91 Å². The van der Waals surface area contributed by atoms with Gasteiger partial charge in [0.25, 0.3) is 5.91 Å². The van der Waals surface area contributed by atoms with Crippen LogP contribution in [0.5, 0.6) is 5.75 Å². The summed E-state index contributed by atoms with van der Waals surface area (Å²) in [5, 5.41) is 2.76. The highest BCUT2D eigenvalue weighted by atomic mass is 79.9. The molecule has 2 aromatic rings. The number of amides is 1. The average Bonchev–Trinajstić information content (AvgIpc) is 2.45. The van der Waals surface area contributed by atoms with Crippen LogP contribution in [0, 0.1) is 12.7 Å². The molecule has 1 N–H and O–H groups in total. The van der Waals surface area contributed by atoms with Crippen molar-refractivity contribution in [3.63, 3.8) is 0 Å². The van der Waals surface area contributed by atoms with Crippen molar-refractivity contribution in [2.45, 2.75) is 13.8 Å². The number of carbonyl (C=O) groups excluding carboxylic acids is 1. The van der Waals surface area contributed by atoms with Crippen molar-refractivity contribution in [2.75, 3.05) is 11.9 Å². The number of nitrogens with one attached hydrogen (secondary N) is 1. The van der Waals surface area contributed by atoms with Crippen LogP contribution < -0.4 is 10.1 Å². The van der Waals surface area contributed by atoms with Gasteiger partial charge in [-0.05, 0) is 43.7 Å². The molecule has 0 aliphatic heterocycles. The van der Waals surface area contributed by atoms with E-state index < -0.39 is 5.82 Å². The maximum absolute atomic E-state index is 13.2. The Balaban J connectivity index is 2.29. The second-order valence-corrected chi connectivity index (χ2v) is 5.29. The molecule has 1 amide bonds. The van der Waals surface area contributed by atoms with Gasteiger partial charge in [0.15, 0.2) is 0 Å². The van der Waals surface area contributed by atoms with E-state index in [1.54, 1.807) is 19.1 Å². The molecule has 2 rings (SSSR count). The quantitative estimate of drug-likeness (QED) is 0.877. The number of anilines is 1. The Morgan fingerprint density at radius 3 is 2.81 bits per heavy atom. The maximum Gasteiger partial charge on any atom is 0.256 e. The molecule has 0 atom stereocenters. The van der Waals surface area contributed by atoms with Crippen LogP contribution in [0.15, 0.2) is 40.9 Å². The van der Waals surface area contributed by atoms with Crippen LogP contribution >= 0.6 is 15.9 Å². The van der Waals surface area contributed by atoms with Gasteiger partial charge in [0.1, 0.15) is 11.6 Å². The number of ether oxygens (including phenoxy) is 1. The second kappa shape index (κ2) is 6.72. The highest BCUT2D eigenvalue weighted by Gasteiger charge is 2.13. The van der Waals surface area contributed by atoms with Gasteiger partial charge in [-0.3, -0.25) is 4.79 Å². The monoisotopic (exact) mass is 351 g/mol. The van der Waals surface area contributed by atoms with Gasteiger partial charge in [-0.2, -0.15) is 0 Å². The largest absolute Gasteiger partial charge is 0.492 e. The molecule has 0 radical (unpaired) electrons. The van der Waals surface area contributed by atoms with E-state index in [0.29, 0.717) is 23.6 Å². The summed E-state index contributed by atoms with van der Waals surface area (Å²) >= 11 is 3.39. The van der Waals surface area contributed by atoms with E-state index in [2.05, 4.69) is 21.2 Å². The molecule has 21 heavy (non-hydrogen) atoms. The first-order chi connectivity index (χ1) is 10.0. The van der Waals surface area contributed by atoms with E-state index in [9.17, 15) is 9.18 Å². The minimum Gasteiger partial charge on any atom is -0.492 e. The predicted molar refractivity (Wildman–Crippen MR) is 84.4 cm³/mol. The number of carbonyl (C=O) groups is 1. The molecule has 3 nitrogen and oxygen atoms in total. The number of halogens is 2. The molecule has 0 fully saturated rings. The Morgan fingerprint density at radius 1 is 1.33 bits per heavy atom. The summed E-state index contributed by atoms with van der Waals surface area (Å²) in [5.41, 5.74) is 1.84. The molecular weight excluding hydrogens is 337 g/mol. The molecule has 0 saturated carbocycles. The summed E-state index contributed by atoms with van der Waals surface area (Å²) in [5.74, 6) is -0.352. The zero-order valence-corrected chi connectivity index (χ0v) is 13.3. The van der Waals surface area contributed by atoms with Crippen molar-refractivity contribution in [3.05, 3.63) is 57.8 Å². The van der Waals surface area contributed by atoms with Gasteiger partial charge >= 0.3 is 0 Å². The molecule has 0 aliphatic rings. The number of hydrogen-bond acceptors (Lipinski definition) is 2. The van der Waals surface area contributed by atoms with Crippen molar-refractivity contribution >= 4 is 27.5 Å². The minimum absolute atomic E-state index is 0.263. The van der Waals surface area contributed by atoms with Crippen molar-refractivity contribution in [3.8, 4) is 5.75 Å². The smallest absolute Gasteiger partial charge is 0.256 e. The lowest BCUT2D eigenvalue weighted by atomic mass is 10.1. The third-order valence-corrected chi connectivity index (χ3v) is 3.86. The lowest BCUT2D eigenvalue weighted by Gasteiger charge is -2.13. The fraction of sp³-hybridized carbons (Fsp3) is 0.188. The molecule has 0 unspecified atom stereocenters. The van der Waals surface area contributed by atoms with Gasteiger partial charge < -0.3 is 10.1 Å². The predicted octanol–water partition coefficient (Wildman–Crippen LogP) is 4.55. The molecule has 5 heteroatoms. The van der Waals surface area contributed by atoms with Crippen LogP contribution in [0.25, 0.3) is 0 Å². The molecule has 0 aromatic heterocycles. The molecule has 2 aromatic carbocycles.